The molecule has 0 spiro atoms. The molecule has 4 heteroatoms. The van der Waals surface area contributed by atoms with Crippen LogP contribution in [0.15, 0.2) is 18.2 Å². The Labute approximate surface area is 162 Å². The topological polar surface area (TPSA) is 38.8 Å². The molecule has 4 aliphatic carbocycles. The number of hydrogen-bond donors (Lipinski definition) is 0. The first-order valence-corrected chi connectivity index (χ1v) is 10.7. The summed E-state index contributed by atoms with van der Waals surface area (Å²) in [6.45, 7) is 0.903. The second-order valence-corrected chi connectivity index (χ2v) is 9.26. The standard InChI is InChI=1S/C23H31NO3/c1-26-20-6-5-16(13-21(20)27-2)19-4-3-7-24(19)23(25)22-17-9-14-8-15(11-17)12-18(22)10-14/h5-6,13-15,17-19,22H,3-4,7-12H2,1-2H3. The summed E-state index contributed by atoms with van der Waals surface area (Å²) in [5.41, 5.74) is 1.18. The van der Waals surface area contributed by atoms with E-state index in [1.54, 1.807) is 14.2 Å². The fourth-order valence-corrected chi connectivity index (χ4v) is 6.96. The van der Waals surface area contributed by atoms with Crippen LogP contribution in [0.2, 0.25) is 0 Å². The fraction of sp³-hybridized carbons (Fsp3) is 0.696. The molecule has 1 aromatic rings. The Balaban J connectivity index is 1.39. The van der Waals surface area contributed by atoms with E-state index in [1.165, 1.54) is 37.7 Å². The average Bonchev–Trinajstić information content (AvgIpc) is 3.16. The maximum Gasteiger partial charge on any atom is 0.226 e. The van der Waals surface area contributed by atoms with Gasteiger partial charge in [-0.3, -0.25) is 4.79 Å². The molecule has 4 nitrogen and oxygen atoms in total. The molecule has 27 heavy (non-hydrogen) atoms. The van der Waals surface area contributed by atoms with Gasteiger partial charge in [0.05, 0.1) is 20.3 Å². The smallest absolute Gasteiger partial charge is 0.226 e. The van der Waals surface area contributed by atoms with Gasteiger partial charge in [-0.25, -0.2) is 0 Å². The van der Waals surface area contributed by atoms with E-state index in [0.29, 0.717) is 23.7 Å². The maximum absolute atomic E-state index is 13.7. The van der Waals surface area contributed by atoms with Crippen LogP contribution >= 0.6 is 0 Å². The van der Waals surface area contributed by atoms with Crippen molar-refractivity contribution in [2.75, 3.05) is 20.8 Å². The molecule has 6 rings (SSSR count). The van der Waals surface area contributed by atoms with Crippen LogP contribution in [-0.4, -0.2) is 31.6 Å². The fourth-order valence-electron chi connectivity index (χ4n) is 6.96. The summed E-state index contributed by atoms with van der Waals surface area (Å²) >= 11 is 0. The van der Waals surface area contributed by atoms with E-state index >= 15 is 0 Å². The second kappa shape index (κ2) is 6.72. The minimum absolute atomic E-state index is 0.189. The molecule has 5 aliphatic rings. The molecule has 1 saturated heterocycles. The van der Waals surface area contributed by atoms with Crippen molar-refractivity contribution in [3.05, 3.63) is 23.8 Å². The zero-order chi connectivity index (χ0) is 18.5. The first kappa shape index (κ1) is 17.4. The van der Waals surface area contributed by atoms with Crippen LogP contribution in [0.1, 0.15) is 56.6 Å². The number of hydrogen-bond acceptors (Lipinski definition) is 3. The number of rotatable bonds is 4. The molecule has 1 aromatic carbocycles. The van der Waals surface area contributed by atoms with Gasteiger partial charge in [0.1, 0.15) is 0 Å². The van der Waals surface area contributed by atoms with E-state index in [1.807, 2.05) is 6.07 Å². The van der Waals surface area contributed by atoms with Crippen molar-refractivity contribution in [1.29, 1.82) is 0 Å². The molecule has 4 saturated carbocycles. The Morgan fingerprint density at radius 3 is 2.26 bits per heavy atom. The predicted molar refractivity (Wildman–Crippen MR) is 104 cm³/mol. The number of likely N-dealkylation sites (tertiary alicyclic amines) is 1. The summed E-state index contributed by atoms with van der Waals surface area (Å²) in [5, 5.41) is 0. The molecule has 5 fully saturated rings. The molecule has 1 heterocycles. The quantitative estimate of drug-likeness (QED) is 0.788. The van der Waals surface area contributed by atoms with Crippen molar-refractivity contribution in [3.8, 4) is 11.5 Å². The monoisotopic (exact) mass is 369 g/mol. The lowest BCUT2D eigenvalue weighted by Crippen LogP contribution is -2.51. The highest BCUT2D eigenvalue weighted by Crippen LogP contribution is 2.57. The van der Waals surface area contributed by atoms with Crippen molar-refractivity contribution < 1.29 is 14.3 Å². The van der Waals surface area contributed by atoms with Crippen LogP contribution in [0, 0.1) is 29.6 Å². The molecule has 146 valence electrons. The summed E-state index contributed by atoms with van der Waals surface area (Å²) in [5.74, 6) is 5.37. The van der Waals surface area contributed by atoms with Crippen LogP contribution in [0.4, 0.5) is 0 Å². The lowest BCUT2D eigenvalue weighted by atomic mass is 9.51. The number of benzene rings is 1. The van der Waals surface area contributed by atoms with E-state index in [0.717, 1.165) is 42.7 Å². The third-order valence-corrected chi connectivity index (χ3v) is 7.84. The van der Waals surface area contributed by atoms with Crippen molar-refractivity contribution in [3.63, 3.8) is 0 Å². The van der Waals surface area contributed by atoms with Crippen LogP contribution in [0.5, 0.6) is 11.5 Å². The number of nitrogens with zero attached hydrogens (tertiary/aromatic N) is 1. The van der Waals surface area contributed by atoms with Crippen LogP contribution in [0.3, 0.4) is 0 Å². The number of methoxy groups -OCH3 is 2. The summed E-state index contributed by atoms with van der Waals surface area (Å²) in [4.78, 5) is 15.9. The number of amides is 1. The molecule has 0 radical (unpaired) electrons. The lowest BCUT2D eigenvalue weighted by molar-refractivity contribution is -0.150. The third kappa shape index (κ3) is 2.83. The Hall–Kier alpha value is -1.71. The molecule has 0 N–H and O–H groups in total. The van der Waals surface area contributed by atoms with Crippen molar-refractivity contribution >= 4 is 5.91 Å². The zero-order valence-corrected chi connectivity index (χ0v) is 16.5. The third-order valence-electron chi connectivity index (χ3n) is 7.84. The highest BCUT2D eigenvalue weighted by Gasteiger charge is 2.52. The normalized spacial score (nSPS) is 36.9. The van der Waals surface area contributed by atoms with Crippen LogP contribution in [0.25, 0.3) is 0 Å². The predicted octanol–water partition coefficient (Wildman–Crippen LogP) is 4.44. The molecular formula is C23H31NO3. The molecule has 4 bridgehead atoms. The molecule has 1 amide bonds. The van der Waals surface area contributed by atoms with E-state index < -0.39 is 0 Å². The summed E-state index contributed by atoms with van der Waals surface area (Å²) in [6.07, 6.45) is 8.80. The van der Waals surface area contributed by atoms with Gasteiger partial charge in [0.2, 0.25) is 5.91 Å². The first-order valence-electron chi connectivity index (χ1n) is 10.7. The highest BCUT2D eigenvalue weighted by molar-refractivity contribution is 5.80. The number of carbonyl (C=O) groups excluding carboxylic acids is 1. The van der Waals surface area contributed by atoms with Gasteiger partial charge in [-0.2, -0.15) is 0 Å². The summed E-state index contributed by atoms with van der Waals surface area (Å²) in [7, 11) is 3.34. The minimum atomic E-state index is 0.189. The van der Waals surface area contributed by atoms with Crippen molar-refractivity contribution in [2.45, 2.75) is 51.0 Å². The van der Waals surface area contributed by atoms with Gasteiger partial charge in [0.25, 0.3) is 0 Å². The molecule has 1 aliphatic heterocycles. The van der Waals surface area contributed by atoms with Gasteiger partial charge in [0, 0.05) is 12.5 Å². The Kier molecular flexibility index (Phi) is 4.33. The van der Waals surface area contributed by atoms with Gasteiger partial charge in [0.15, 0.2) is 11.5 Å². The van der Waals surface area contributed by atoms with Gasteiger partial charge in [-0.15, -0.1) is 0 Å². The minimum Gasteiger partial charge on any atom is -0.493 e. The van der Waals surface area contributed by atoms with Gasteiger partial charge in [-0.1, -0.05) is 6.07 Å². The van der Waals surface area contributed by atoms with E-state index in [-0.39, 0.29) is 6.04 Å². The molecule has 1 unspecified atom stereocenters. The highest BCUT2D eigenvalue weighted by atomic mass is 16.5. The zero-order valence-electron chi connectivity index (χ0n) is 16.5. The molecular weight excluding hydrogens is 338 g/mol. The van der Waals surface area contributed by atoms with Crippen LogP contribution in [-0.2, 0) is 4.79 Å². The number of ether oxygens (including phenoxy) is 2. The average molecular weight is 370 g/mol. The molecule has 0 aromatic heterocycles. The number of carbonyl (C=O) groups is 1. The van der Waals surface area contributed by atoms with Crippen molar-refractivity contribution in [1.82, 2.24) is 4.90 Å². The van der Waals surface area contributed by atoms with E-state index in [4.69, 9.17) is 9.47 Å². The van der Waals surface area contributed by atoms with Gasteiger partial charge >= 0.3 is 0 Å². The van der Waals surface area contributed by atoms with E-state index in [9.17, 15) is 4.79 Å². The summed E-state index contributed by atoms with van der Waals surface area (Å²) in [6, 6.07) is 6.33. The Bertz CT molecular complexity index is 702. The summed E-state index contributed by atoms with van der Waals surface area (Å²) < 4.78 is 10.9. The maximum atomic E-state index is 13.7. The lowest BCUT2D eigenvalue weighted by Gasteiger charge is -2.54. The SMILES string of the molecule is COc1ccc(C2CCCN2C(=O)C2C3CC4CC(C3)CC2C4)cc1OC. The van der Waals surface area contributed by atoms with Crippen molar-refractivity contribution in [2.24, 2.45) is 29.6 Å². The van der Waals surface area contributed by atoms with E-state index in [2.05, 4.69) is 17.0 Å². The van der Waals surface area contributed by atoms with Crippen LogP contribution < -0.4 is 9.47 Å². The molecule has 1 atom stereocenters. The first-order chi connectivity index (χ1) is 13.2. The second-order valence-electron chi connectivity index (χ2n) is 9.26. The van der Waals surface area contributed by atoms with Gasteiger partial charge < -0.3 is 14.4 Å². The largest absolute Gasteiger partial charge is 0.493 e. The van der Waals surface area contributed by atoms with Gasteiger partial charge in [-0.05, 0) is 86.3 Å². The Morgan fingerprint density at radius 1 is 0.963 bits per heavy atom. The Morgan fingerprint density at radius 2 is 1.63 bits per heavy atom.